The molecule has 3 atom stereocenters. The largest absolute Gasteiger partial charge is 0.446 e. The molecule has 4 N–H and O–H groups in total. The van der Waals surface area contributed by atoms with E-state index in [0.29, 0.717) is 17.4 Å². The molecule has 1 unspecified atom stereocenters. The summed E-state index contributed by atoms with van der Waals surface area (Å²) in [4.78, 5) is 16.5. The smallest absolute Gasteiger partial charge is 0.407 e. The number of anilines is 2. The van der Waals surface area contributed by atoms with Crippen LogP contribution in [0.1, 0.15) is 56.3 Å². The van der Waals surface area contributed by atoms with Crippen molar-refractivity contribution in [3.63, 3.8) is 0 Å². The summed E-state index contributed by atoms with van der Waals surface area (Å²) in [6.45, 7) is 2.04. The van der Waals surface area contributed by atoms with Crippen molar-refractivity contribution in [2.45, 2.75) is 62.3 Å². The Kier molecular flexibility index (Phi) is 5.36. The summed E-state index contributed by atoms with van der Waals surface area (Å²) < 4.78 is 15.2. The first kappa shape index (κ1) is 20.9. The first-order valence-electron chi connectivity index (χ1n) is 10.8. The molecule has 32 heavy (non-hydrogen) atoms. The van der Waals surface area contributed by atoms with E-state index in [-0.39, 0.29) is 23.7 Å². The quantitative estimate of drug-likeness (QED) is 0.429. The molecule has 170 valence electrons. The second-order valence-corrected chi connectivity index (χ2v) is 10.6. The zero-order chi connectivity index (χ0) is 22.3. The molecule has 1 amide bonds. The van der Waals surface area contributed by atoms with Crippen LogP contribution in [0.3, 0.4) is 0 Å². The van der Waals surface area contributed by atoms with Crippen molar-refractivity contribution < 1.29 is 9.53 Å². The lowest BCUT2D eigenvalue weighted by Crippen LogP contribution is -2.36. The summed E-state index contributed by atoms with van der Waals surface area (Å²) in [5.41, 5.74) is 2.69. The molecular formula is C21H28N8O2S. The third-order valence-corrected chi connectivity index (χ3v) is 6.88. The molecule has 2 aliphatic carbocycles. The molecule has 2 saturated carbocycles. The fraction of sp³-hybridized carbons (Fsp3) is 0.524. The van der Waals surface area contributed by atoms with E-state index in [4.69, 9.17) is 9.52 Å². The molecule has 2 fully saturated rings. The van der Waals surface area contributed by atoms with Crippen LogP contribution < -0.4 is 10.6 Å². The van der Waals surface area contributed by atoms with Gasteiger partial charge in [0.2, 0.25) is 0 Å². The molecule has 3 aromatic heterocycles. The molecule has 0 aromatic carbocycles. The number of ether oxygens (including phenoxy) is 1. The average molecular weight is 457 g/mol. The summed E-state index contributed by atoms with van der Waals surface area (Å²) in [5.74, 6) is 2.25. The van der Waals surface area contributed by atoms with Gasteiger partial charge in [-0.1, -0.05) is 0 Å². The van der Waals surface area contributed by atoms with Gasteiger partial charge in [-0.15, -0.1) is 10.7 Å². The summed E-state index contributed by atoms with van der Waals surface area (Å²) in [6.07, 6.45) is 9.63. The lowest BCUT2D eigenvalue weighted by molar-refractivity contribution is 0.0967. The van der Waals surface area contributed by atoms with E-state index in [9.17, 15) is 4.79 Å². The van der Waals surface area contributed by atoms with E-state index in [2.05, 4.69) is 30.9 Å². The van der Waals surface area contributed by atoms with Gasteiger partial charge in [-0.2, -0.15) is 10.2 Å². The maximum absolute atomic E-state index is 12.1. The highest BCUT2D eigenvalue weighted by Crippen LogP contribution is 2.37. The number of H-pyrrole nitrogens is 1. The van der Waals surface area contributed by atoms with Crippen molar-refractivity contribution in [1.82, 2.24) is 30.1 Å². The Balaban J connectivity index is 1.22. The van der Waals surface area contributed by atoms with Crippen molar-refractivity contribution >= 4 is 33.9 Å². The van der Waals surface area contributed by atoms with Gasteiger partial charge >= 0.3 is 6.09 Å². The van der Waals surface area contributed by atoms with E-state index in [1.807, 2.05) is 25.3 Å². The third-order valence-electron chi connectivity index (χ3n) is 6.15. The number of rotatable bonds is 7. The number of alkyl carbamates (subject to hydrolysis) is 1. The predicted molar refractivity (Wildman–Crippen MR) is 122 cm³/mol. The van der Waals surface area contributed by atoms with Gasteiger partial charge in [0.15, 0.2) is 11.6 Å². The van der Waals surface area contributed by atoms with Gasteiger partial charge in [0.05, 0.1) is 5.69 Å². The first-order valence-corrected chi connectivity index (χ1v) is 12.7. The summed E-state index contributed by atoms with van der Waals surface area (Å²) in [5, 5.41) is 18.3. The van der Waals surface area contributed by atoms with Crippen LogP contribution in [-0.2, 0) is 21.2 Å². The van der Waals surface area contributed by atoms with E-state index in [0.717, 1.165) is 49.0 Å². The molecule has 0 bridgehead atoms. The minimum absolute atomic E-state index is 0.0634. The monoisotopic (exact) mass is 456 g/mol. The number of hydrogen-bond acceptors (Lipinski definition) is 7. The SMILES string of the molecule is CS(=N)Cc1cc2c(Nc3cc([C@H]4CC[C@@H](OC(=O)NC5(C)CC5)C4)[nH]n3)nccn2n1. The zero-order valence-corrected chi connectivity index (χ0v) is 19.0. The van der Waals surface area contributed by atoms with Crippen molar-refractivity contribution in [2.75, 3.05) is 11.6 Å². The number of nitrogens with zero attached hydrogens (tertiary/aromatic N) is 4. The molecule has 0 radical (unpaired) electrons. The van der Waals surface area contributed by atoms with Gasteiger partial charge < -0.3 is 15.4 Å². The van der Waals surface area contributed by atoms with Crippen LogP contribution in [0.4, 0.5) is 16.4 Å². The molecule has 0 spiro atoms. The number of amides is 1. The fourth-order valence-electron chi connectivity index (χ4n) is 4.16. The summed E-state index contributed by atoms with van der Waals surface area (Å²) in [7, 11) is -0.464. The molecule has 3 aromatic rings. The summed E-state index contributed by atoms with van der Waals surface area (Å²) >= 11 is 0. The second kappa shape index (κ2) is 8.19. The number of hydrogen-bond donors (Lipinski definition) is 4. The van der Waals surface area contributed by atoms with E-state index in [1.165, 1.54) is 0 Å². The number of fused-ring (bicyclic) bond motifs is 1. The van der Waals surface area contributed by atoms with E-state index in [1.54, 1.807) is 16.9 Å². The minimum atomic E-state index is -0.464. The number of nitrogens with one attached hydrogen (secondary N) is 4. The van der Waals surface area contributed by atoms with Crippen LogP contribution in [0.25, 0.3) is 5.52 Å². The predicted octanol–water partition coefficient (Wildman–Crippen LogP) is 3.62. The number of carbonyl (C=O) groups is 1. The molecule has 0 saturated heterocycles. The Morgan fingerprint density at radius 3 is 3.03 bits per heavy atom. The highest BCUT2D eigenvalue weighted by Gasteiger charge is 2.40. The maximum Gasteiger partial charge on any atom is 0.407 e. The number of carbonyl (C=O) groups excluding carboxylic acids is 1. The maximum atomic E-state index is 12.1. The van der Waals surface area contributed by atoms with Crippen LogP contribution in [0.5, 0.6) is 0 Å². The van der Waals surface area contributed by atoms with Crippen molar-refractivity contribution in [3.8, 4) is 0 Å². The average Bonchev–Trinajstić information content (AvgIpc) is 3.14. The normalized spacial score (nSPS) is 22.6. The van der Waals surface area contributed by atoms with Gasteiger partial charge in [0.1, 0.15) is 11.6 Å². The van der Waals surface area contributed by atoms with Crippen LogP contribution in [0.15, 0.2) is 24.5 Å². The Morgan fingerprint density at radius 1 is 1.41 bits per heavy atom. The lowest BCUT2D eigenvalue weighted by atomic mass is 10.0. The highest BCUT2D eigenvalue weighted by molar-refractivity contribution is 7.84. The topological polar surface area (TPSA) is 133 Å². The lowest BCUT2D eigenvalue weighted by Gasteiger charge is -2.16. The third kappa shape index (κ3) is 4.62. The van der Waals surface area contributed by atoms with Crippen LogP contribution in [0.2, 0.25) is 0 Å². The number of aromatic amines is 1. The molecular weight excluding hydrogens is 428 g/mol. The van der Waals surface area contributed by atoms with Crippen molar-refractivity contribution in [1.29, 1.82) is 4.78 Å². The Hall–Kier alpha value is -2.95. The molecule has 10 nitrogen and oxygen atoms in total. The van der Waals surface area contributed by atoms with Gasteiger partial charge in [0, 0.05) is 41.4 Å². The van der Waals surface area contributed by atoms with Crippen LogP contribution in [0, 0.1) is 4.78 Å². The molecule has 0 aliphatic heterocycles. The Labute approximate surface area is 188 Å². The Bertz CT molecular complexity index is 1170. The van der Waals surface area contributed by atoms with Crippen LogP contribution >= 0.6 is 0 Å². The van der Waals surface area contributed by atoms with Gasteiger partial charge in [-0.05, 0) is 51.3 Å². The van der Waals surface area contributed by atoms with Crippen LogP contribution in [-0.4, -0.2) is 48.8 Å². The first-order chi connectivity index (χ1) is 15.4. The summed E-state index contributed by atoms with van der Waals surface area (Å²) in [6, 6.07) is 3.96. The Morgan fingerprint density at radius 2 is 2.25 bits per heavy atom. The van der Waals surface area contributed by atoms with Gasteiger partial charge in [-0.25, -0.2) is 14.3 Å². The second-order valence-electron chi connectivity index (χ2n) is 9.08. The zero-order valence-electron chi connectivity index (χ0n) is 18.2. The molecule has 2 aliphatic rings. The fourth-order valence-corrected chi connectivity index (χ4v) is 4.75. The van der Waals surface area contributed by atoms with Crippen molar-refractivity contribution in [3.05, 3.63) is 35.9 Å². The molecule has 11 heteroatoms. The molecule has 3 heterocycles. The van der Waals surface area contributed by atoms with Gasteiger partial charge in [-0.3, -0.25) is 9.88 Å². The highest BCUT2D eigenvalue weighted by atomic mass is 32.2. The minimum Gasteiger partial charge on any atom is -0.446 e. The molecule has 5 rings (SSSR count). The van der Waals surface area contributed by atoms with Crippen molar-refractivity contribution in [2.24, 2.45) is 0 Å². The van der Waals surface area contributed by atoms with E-state index >= 15 is 0 Å². The standard InChI is InChI=1S/C21H28N8O2S/c1-21(5-6-21)25-20(30)31-15-4-3-13(9-15)16-11-18(27-26-16)24-19-17-10-14(12-32(2)22)28-29(17)8-7-23-19/h7-8,10-11,13,15,22H,3-6,9,12H2,1-2H3,(H,25,30)(H2,23,24,26,27)/t13-,15+,32?/m0/s1. The van der Waals surface area contributed by atoms with E-state index < -0.39 is 10.7 Å². The van der Waals surface area contributed by atoms with Gasteiger partial charge in [0.25, 0.3) is 0 Å². The number of aromatic nitrogens is 5.